The van der Waals surface area contributed by atoms with Crippen LogP contribution in [0.5, 0.6) is 0 Å². The first kappa shape index (κ1) is 18.7. The zero-order valence-corrected chi connectivity index (χ0v) is 15.4. The summed E-state index contributed by atoms with van der Waals surface area (Å²) >= 11 is 0. The van der Waals surface area contributed by atoms with E-state index in [0.717, 1.165) is 13.0 Å². The molecule has 0 radical (unpaired) electrons. The van der Waals surface area contributed by atoms with Crippen molar-refractivity contribution in [3.8, 4) is 0 Å². The SMILES string of the molecule is O=C(CCCNC(=O)c1ccccc1)NCCCn1ccc2ccccc21. The van der Waals surface area contributed by atoms with Gasteiger partial charge in [-0.05, 0) is 42.5 Å². The molecule has 2 N–H and O–H groups in total. The van der Waals surface area contributed by atoms with Crippen LogP contribution in [-0.4, -0.2) is 29.5 Å². The van der Waals surface area contributed by atoms with Crippen molar-refractivity contribution in [3.05, 3.63) is 72.4 Å². The fourth-order valence-corrected chi connectivity index (χ4v) is 3.04. The van der Waals surface area contributed by atoms with Gasteiger partial charge in [-0.3, -0.25) is 9.59 Å². The van der Waals surface area contributed by atoms with E-state index in [2.05, 4.69) is 39.6 Å². The zero-order chi connectivity index (χ0) is 18.9. The first-order valence-corrected chi connectivity index (χ1v) is 9.38. The Labute approximate surface area is 159 Å². The third-order valence-corrected chi connectivity index (χ3v) is 4.48. The number of benzene rings is 2. The lowest BCUT2D eigenvalue weighted by Crippen LogP contribution is -2.28. The first-order chi connectivity index (χ1) is 13.2. The van der Waals surface area contributed by atoms with E-state index in [9.17, 15) is 9.59 Å². The number of rotatable bonds is 9. The highest BCUT2D eigenvalue weighted by Gasteiger charge is 2.05. The third-order valence-electron chi connectivity index (χ3n) is 4.48. The Morgan fingerprint density at radius 3 is 2.41 bits per heavy atom. The first-order valence-electron chi connectivity index (χ1n) is 9.38. The number of hydrogen-bond acceptors (Lipinski definition) is 2. The van der Waals surface area contributed by atoms with Gasteiger partial charge in [-0.1, -0.05) is 36.4 Å². The van der Waals surface area contributed by atoms with Gasteiger partial charge in [-0.25, -0.2) is 0 Å². The minimum atomic E-state index is -0.102. The minimum Gasteiger partial charge on any atom is -0.356 e. The van der Waals surface area contributed by atoms with E-state index in [-0.39, 0.29) is 11.8 Å². The molecule has 2 amide bonds. The average Bonchev–Trinajstić information content (AvgIpc) is 3.12. The molecule has 0 unspecified atom stereocenters. The molecule has 27 heavy (non-hydrogen) atoms. The predicted molar refractivity (Wildman–Crippen MR) is 108 cm³/mol. The molecule has 2 aromatic carbocycles. The molecular formula is C22H25N3O2. The minimum absolute atomic E-state index is 0.0290. The molecule has 0 bridgehead atoms. The number of amides is 2. The van der Waals surface area contributed by atoms with Gasteiger partial charge >= 0.3 is 0 Å². The maximum absolute atomic E-state index is 11.9. The van der Waals surface area contributed by atoms with Crippen LogP contribution in [0.4, 0.5) is 0 Å². The molecule has 0 aliphatic carbocycles. The van der Waals surface area contributed by atoms with Crippen molar-refractivity contribution >= 4 is 22.7 Å². The molecular weight excluding hydrogens is 338 g/mol. The van der Waals surface area contributed by atoms with Gasteiger partial charge in [-0.15, -0.1) is 0 Å². The maximum Gasteiger partial charge on any atom is 0.251 e. The zero-order valence-electron chi connectivity index (χ0n) is 15.4. The lowest BCUT2D eigenvalue weighted by molar-refractivity contribution is -0.121. The summed E-state index contributed by atoms with van der Waals surface area (Å²) in [6, 6.07) is 19.5. The van der Waals surface area contributed by atoms with E-state index in [0.29, 0.717) is 31.5 Å². The number of carbonyl (C=O) groups is 2. The van der Waals surface area contributed by atoms with Crippen LogP contribution in [0, 0.1) is 0 Å². The summed E-state index contributed by atoms with van der Waals surface area (Å²) in [6.45, 7) is 2.03. The van der Waals surface area contributed by atoms with Gasteiger partial charge in [0.15, 0.2) is 0 Å². The number of aromatic nitrogens is 1. The summed E-state index contributed by atoms with van der Waals surface area (Å²) in [5.74, 6) is -0.0729. The van der Waals surface area contributed by atoms with Crippen LogP contribution in [-0.2, 0) is 11.3 Å². The Bertz CT molecular complexity index is 887. The molecule has 140 valence electrons. The second-order valence-electron chi connectivity index (χ2n) is 6.50. The van der Waals surface area contributed by atoms with Gasteiger partial charge in [0.1, 0.15) is 0 Å². The molecule has 0 fully saturated rings. The number of fused-ring (bicyclic) bond motifs is 1. The largest absolute Gasteiger partial charge is 0.356 e. The number of hydrogen-bond donors (Lipinski definition) is 2. The highest BCUT2D eigenvalue weighted by Crippen LogP contribution is 2.15. The average molecular weight is 363 g/mol. The summed E-state index contributed by atoms with van der Waals surface area (Å²) in [7, 11) is 0. The van der Waals surface area contributed by atoms with Gasteiger partial charge in [-0.2, -0.15) is 0 Å². The molecule has 0 saturated carbocycles. The van der Waals surface area contributed by atoms with Gasteiger partial charge in [0, 0.05) is 43.3 Å². The molecule has 0 aliphatic rings. The molecule has 0 atom stereocenters. The Hall–Kier alpha value is -3.08. The Morgan fingerprint density at radius 1 is 0.815 bits per heavy atom. The van der Waals surface area contributed by atoms with Crippen LogP contribution in [0.1, 0.15) is 29.6 Å². The maximum atomic E-state index is 11.9. The molecule has 0 saturated heterocycles. The summed E-state index contributed by atoms with van der Waals surface area (Å²) in [5, 5.41) is 7.02. The summed E-state index contributed by atoms with van der Waals surface area (Å²) in [6.07, 6.45) is 4.02. The van der Waals surface area contributed by atoms with Crippen LogP contribution in [0.2, 0.25) is 0 Å². The van der Waals surface area contributed by atoms with Crippen molar-refractivity contribution in [2.24, 2.45) is 0 Å². The molecule has 0 spiro atoms. The van der Waals surface area contributed by atoms with E-state index in [1.54, 1.807) is 12.1 Å². The van der Waals surface area contributed by atoms with Gasteiger partial charge in [0.2, 0.25) is 5.91 Å². The number of nitrogens with one attached hydrogen (secondary N) is 2. The number of carbonyl (C=O) groups excluding carboxylic acids is 2. The van der Waals surface area contributed by atoms with Gasteiger partial charge in [0.05, 0.1) is 0 Å². The third kappa shape index (κ3) is 5.45. The normalized spacial score (nSPS) is 10.7. The standard InChI is InChI=1S/C22H25N3O2/c26-21(12-6-14-24-22(27)19-9-2-1-3-10-19)23-15-7-16-25-17-13-18-8-4-5-11-20(18)25/h1-5,8-11,13,17H,6-7,12,14-16H2,(H,23,26)(H,24,27). The van der Waals surface area contributed by atoms with Gasteiger partial charge in [0.25, 0.3) is 5.91 Å². The highest BCUT2D eigenvalue weighted by atomic mass is 16.2. The quantitative estimate of drug-likeness (QED) is 0.573. The Morgan fingerprint density at radius 2 is 1.56 bits per heavy atom. The lowest BCUT2D eigenvalue weighted by Gasteiger charge is -2.08. The van der Waals surface area contributed by atoms with E-state index < -0.39 is 0 Å². The second kappa shape index (κ2) is 9.57. The van der Waals surface area contributed by atoms with E-state index in [1.165, 1.54) is 10.9 Å². The molecule has 5 nitrogen and oxygen atoms in total. The highest BCUT2D eigenvalue weighted by molar-refractivity contribution is 5.94. The molecule has 3 rings (SSSR count). The van der Waals surface area contributed by atoms with E-state index >= 15 is 0 Å². The van der Waals surface area contributed by atoms with Crippen LogP contribution in [0.15, 0.2) is 66.9 Å². The van der Waals surface area contributed by atoms with Gasteiger partial charge < -0.3 is 15.2 Å². The molecule has 1 heterocycles. The number of nitrogens with zero attached hydrogens (tertiary/aromatic N) is 1. The molecule has 3 aromatic rings. The van der Waals surface area contributed by atoms with Crippen LogP contribution < -0.4 is 10.6 Å². The molecule has 1 aromatic heterocycles. The Kier molecular flexibility index (Phi) is 6.63. The van der Waals surface area contributed by atoms with Crippen molar-refractivity contribution in [1.29, 1.82) is 0 Å². The fraction of sp³-hybridized carbons (Fsp3) is 0.273. The van der Waals surface area contributed by atoms with E-state index in [4.69, 9.17) is 0 Å². The lowest BCUT2D eigenvalue weighted by atomic mass is 10.2. The van der Waals surface area contributed by atoms with Crippen molar-refractivity contribution in [3.63, 3.8) is 0 Å². The van der Waals surface area contributed by atoms with Crippen molar-refractivity contribution in [2.75, 3.05) is 13.1 Å². The number of para-hydroxylation sites is 1. The fourth-order valence-electron chi connectivity index (χ4n) is 3.04. The van der Waals surface area contributed by atoms with Crippen LogP contribution >= 0.6 is 0 Å². The van der Waals surface area contributed by atoms with Crippen molar-refractivity contribution < 1.29 is 9.59 Å². The van der Waals surface area contributed by atoms with Crippen molar-refractivity contribution in [2.45, 2.75) is 25.8 Å². The summed E-state index contributed by atoms with van der Waals surface area (Å²) in [4.78, 5) is 23.8. The monoisotopic (exact) mass is 363 g/mol. The smallest absolute Gasteiger partial charge is 0.251 e. The second-order valence-corrected chi connectivity index (χ2v) is 6.50. The van der Waals surface area contributed by atoms with E-state index in [1.807, 2.05) is 30.3 Å². The van der Waals surface area contributed by atoms with Crippen molar-refractivity contribution in [1.82, 2.24) is 15.2 Å². The summed E-state index contributed by atoms with van der Waals surface area (Å²) < 4.78 is 2.21. The Balaban J connectivity index is 1.28. The van der Waals surface area contributed by atoms with Crippen LogP contribution in [0.25, 0.3) is 10.9 Å². The topological polar surface area (TPSA) is 63.1 Å². The molecule has 5 heteroatoms. The predicted octanol–water partition coefficient (Wildman–Crippen LogP) is 3.36. The summed E-state index contributed by atoms with van der Waals surface area (Å²) in [5.41, 5.74) is 1.86. The number of aryl methyl sites for hydroxylation is 1. The molecule has 0 aliphatic heterocycles. The van der Waals surface area contributed by atoms with Crippen LogP contribution in [0.3, 0.4) is 0 Å².